The topological polar surface area (TPSA) is 103 Å². The summed E-state index contributed by atoms with van der Waals surface area (Å²) in [7, 11) is -0.00653. The van der Waals surface area contributed by atoms with Crippen LogP contribution in [-0.2, 0) is 9.05 Å². The maximum absolute atomic E-state index is 13.7. The quantitative estimate of drug-likeness (QED) is 0.123. The van der Waals surface area contributed by atoms with Crippen molar-refractivity contribution in [1.82, 2.24) is 10.2 Å². The van der Waals surface area contributed by atoms with Gasteiger partial charge in [-0.25, -0.2) is 0 Å². The van der Waals surface area contributed by atoms with E-state index in [1.165, 1.54) is 0 Å². The number of ether oxygens (including phenoxy) is 1. The lowest BCUT2D eigenvalue weighted by atomic mass is 10.0. The second-order valence-electron chi connectivity index (χ2n) is 10.9. The Morgan fingerprint density at radius 2 is 1.65 bits per heavy atom. The zero-order chi connectivity index (χ0) is 32.5. The SMILES string of the molecule is CCOP(OCC)Oc1cc(C(=O)NCCCN2CCN(c3ccccc3OC)CC2)c2oc(-c3ccccc3)c(C)c(=O)c2c1. The van der Waals surface area contributed by atoms with Crippen LogP contribution >= 0.6 is 8.60 Å². The number of nitrogens with one attached hydrogen (secondary N) is 1. The van der Waals surface area contributed by atoms with E-state index in [2.05, 4.69) is 21.2 Å². The molecular weight excluding hydrogens is 605 g/mol. The second-order valence-corrected chi connectivity index (χ2v) is 12.0. The third-order valence-corrected chi connectivity index (χ3v) is 9.15. The first-order valence-electron chi connectivity index (χ1n) is 15.7. The Morgan fingerprint density at radius 1 is 0.957 bits per heavy atom. The summed E-state index contributed by atoms with van der Waals surface area (Å²) in [5.41, 5.74) is 2.52. The molecule has 46 heavy (non-hydrogen) atoms. The van der Waals surface area contributed by atoms with Gasteiger partial charge in [-0.2, -0.15) is 0 Å². The fraction of sp³-hybridized carbons (Fsp3) is 0.371. The molecule has 10 nitrogen and oxygen atoms in total. The van der Waals surface area contributed by atoms with Gasteiger partial charge in [-0.05, 0) is 58.0 Å². The number of nitrogens with zero attached hydrogens (tertiary/aromatic N) is 2. The van der Waals surface area contributed by atoms with Crippen LogP contribution in [0.15, 0.2) is 75.9 Å². The van der Waals surface area contributed by atoms with Crippen molar-refractivity contribution in [2.45, 2.75) is 27.2 Å². The fourth-order valence-corrected chi connectivity index (χ4v) is 6.42. The summed E-state index contributed by atoms with van der Waals surface area (Å²) in [6.07, 6.45) is 0.771. The van der Waals surface area contributed by atoms with E-state index in [4.69, 9.17) is 22.7 Å². The molecular formula is C35H42N3O7P. The molecule has 1 aliphatic heterocycles. The maximum Gasteiger partial charge on any atom is 0.397 e. The van der Waals surface area contributed by atoms with Crippen LogP contribution in [0.1, 0.15) is 36.2 Å². The van der Waals surface area contributed by atoms with Crippen LogP contribution < -0.4 is 24.9 Å². The normalized spacial score (nSPS) is 13.7. The molecule has 1 aliphatic rings. The van der Waals surface area contributed by atoms with Gasteiger partial charge in [-0.3, -0.25) is 14.5 Å². The monoisotopic (exact) mass is 647 g/mol. The zero-order valence-corrected chi connectivity index (χ0v) is 27.8. The van der Waals surface area contributed by atoms with Crippen molar-refractivity contribution in [3.8, 4) is 22.8 Å². The van der Waals surface area contributed by atoms with Gasteiger partial charge in [0, 0.05) is 43.9 Å². The third kappa shape index (κ3) is 7.88. The first kappa shape index (κ1) is 33.4. The van der Waals surface area contributed by atoms with E-state index in [-0.39, 0.29) is 27.9 Å². The number of piperazine rings is 1. The fourth-order valence-electron chi connectivity index (χ4n) is 5.54. The number of amides is 1. The number of fused-ring (bicyclic) bond motifs is 1. The summed E-state index contributed by atoms with van der Waals surface area (Å²) in [4.78, 5) is 32.1. The molecule has 1 aromatic heterocycles. The number of para-hydroxylation sites is 2. The highest BCUT2D eigenvalue weighted by atomic mass is 31.2. The minimum atomic E-state index is -1.71. The number of rotatable bonds is 14. The number of hydrogen-bond donors (Lipinski definition) is 1. The molecule has 1 N–H and O–H groups in total. The molecule has 0 spiro atoms. The summed E-state index contributed by atoms with van der Waals surface area (Å²) >= 11 is 0. The predicted octanol–water partition coefficient (Wildman–Crippen LogP) is 6.40. The Morgan fingerprint density at radius 3 is 2.35 bits per heavy atom. The Bertz CT molecular complexity index is 1670. The summed E-state index contributed by atoms with van der Waals surface area (Å²) in [5.74, 6) is 1.27. The molecule has 0 radical (unpaired) electrons. The Kier molecular flexibility index (Phi) is 11.7. The van der Waals surface area contributed by atoms with Crippen molar-refractivity contribution < 1.29 is 27.5 Å². The van der Waals surface area contributed by atoms with E-state index >= 15 is 0 Å². The van der Waals surface area contributed by atoms with Gasteiger partial charge in [0.05, 0.1) is 37.0 Å². The molecule has 0 bridgehead atoms. The first-order chi connectivity index (χ1) is 22.4. The van der Waals surface area contributed by atoms with E-state index in [0.29, 0.717) is 36.8 Å². The van der Waals surface area contributed by atoms with Crippen molar-refractivity contribution in [3.63, 3.8) is 0 Å². The van der Waals surface area contributed by atoms with E-state index in [9.17, 15) is 9.59 Å². The Balaban J connectivity index is 1.31. The molecule has 0 unspecified atom stereocenters. The van der Waals surface area contributed by atoms with Gasteiger partial charge < -0.3 is 32.9 Å². The summed E-state index contributed by atoms with van der Waals surface area (Å²) in [5, 5.41) is 3.30. The van der Waals surface area contributed by atoms with Crippen LogP contribution in [0.5, 0.6) is 11.5 Å². The average molecular weight is 648 g/mol. The minimum Gasteiger partial charge on any atom is -0.495 e. The second kappa shape index (κ2) is 16.1. The maximum atomic E-state index is 13.7. The van der Waals surface area contributed by atoms with Crippen LogP contribution in [0.2, 0.25) is 0 Å². The van der Waals surface area contributed by atoms with Crippen molar-refractivity contribution in [2.75, 3.05) is 64.5 Å². The molecule has 11 heteroatoms. The van der Waals surface area contributed by atoms with Crippen molar-refractivity contribution in [3.05, 3.63) is 88.1 Å². The van der Waals surface area contributed by atoms with Gasteiger partial charge >= 0.3 is 8.60 Å². The van der Waals surface area contributed by atoms with Gasteiger partial charge in [-0.1, -0.05) is 42.5 Å². The molecule has 3 aromatic carbocycles. The van der Waals surface area contributed by atoms with Crippen molar-refractivity contribution in [1.29, 1.82) is 0 Å². The Labute approximate surface area is 271 Å². The lowest BCUT2D eigenvalue weighted by Crippen LogP contribution is -2.47. The van der Waals surface area contributed by atoms with Crippen molar-refractivity contribution >= 4 is 31.2 Å². The van der Waals surface area contributed by atoms with E-state index in [1.54, 1.807) is 26.2 Å². The summed E-state index contributed by atoms with van der Waals surface area (Å²) in [6.45, 7) is 11.2. The smallest absolute Gasteiger partial charge is 0.397 e. The van der Waals surface area contributed by atoms with E-state index in [1.807, 2.05) is 62.4 Å². The molecule has 244 valence electrons. The molecule has 1 fully saturated rings. The number of benzene rings is 3. The molecule has 2 heterocycles. The Hall–Kier alpha value is -3.95. The highest BCUT2D eigenvalue weighted by Crippen LogP contribution is 2.42. The van der Waals surface area contributed by atoms with Crippen molar-refractivity contribution in [2.24, 2.45) is 0 Å². The molecule has 4 aromatic rings. The molecule has 0 saturated carbocycles. The lowest BCUT2D eigenvalue weighted by molar-refractivity contribution is 0.0951. The highest BCUT2D eigenvalue weighted by molar-refractivity contribution is 7.42. The molecule has 0 aliphatic carbocycles. The van der Waals surface area contributed by atoms with Gasteiger partial charge in [0.2, 0.25) is 0 Å². The number of carbonyl (C=O) groups is 1. The van der Waals surface area contributed by atoms with Gasteiger partial charge in [0.1, 0.15) is 17.3 Å². The van der Waals surface area contributed by atoms with Crippen LogP contribution in [0.3, 0.4) is 0 Å². The van der Waals surface area contributed by atoms with Gasteiger partial charge in [0.25, 0.3) is 5.91 Å². The van der Waals surface area contributed by atoms with Crippen LogP contribution in [0.4, 0.5) is 5.69 Å². The standard InChI is InChI=1S/C35H42N3O7P/c1-5-42-46(43-6-2)45-27-23-28-32(39)25(3)33(26-13-8-7-9-14-26)44-34(28)29(24-27)35(40)36-17-12-18-37-19-21-38(22-20-37)30-15-10-11-16-31(30)41-4/h7-11,13-16,23-24H,5-6,12,17-22H2,1-4H3,(H,36,40). The highest BCUT2D eigenvalue weighted by Gasteiger charge is 2.23. The third-order valence-electron chi connectivity index (χ3n) is 7.86. The summed E-state index contributed by atoms with van der Waals surface area (Å²) < 4.78 is 29.1. The number of anilines is 1. The first-order valence-corrected chi connectivity index (χ1v) is 16.8. The number of hydrogen-bond acceptors (Lipinski definition) is 9. The largest absolute Gasteiger partial charge is 0.495 e. The van der Waals surface area contributed by atoms with Crippen LogP contribution in [-0.4, -0.2) is 70.4 Å². The van der Waals surface area contributed by atoms with Gasteiger partial charge in [0.15, 0.2) is 11.0 Å². The zero-order valence-electron chi connectivity index (χ0n) is 26.9. The van der Waals surface area contributed by atoms with E-state index < -0.39 is 8.60 Å². The van der Waals surface area contributed by atoms with E-state index in [0.717, 1.165) is 56.1 Å². The van der Waals surface area contributed by atoms with Gasteiger partial charge in [-0.15, -0.1) is 0 Å². The lowest BCUT2D eigenvalue weighted by Gasteiger charge is -2.36. The molecule has 1 amide bonds. The molecule has 5 rings (SSSR count). The summed E-state index contributed by atoms with van der Waals surface area (Å²) in [6, 6.07) is 20.7. The number of carbonyl (C=O) groups excluding carboxylic acids is 1. The number of methoxy groups -OCH3 is 1. The van der Waals surface area contributed by atoms with Crippen LogP contribution in [0.25, 0.3) is 22.3 Å². The molecule has 1 saturated heterocycles. The predicted molar refractivity (Wildman–Crippen MR) is 182 cm³/mol. The minimum absolute atomic E-state index is 0.212. The average Bonchev–Trinajstić information content (AvgIpc) is 3.09. The molecule has 0 atom stereocenters. The van der Waals surface area contributed by atoms with Crippen LogP contribution in [0, 0.1) is 6.92 Å².